The molecule has 0 atom stereocenters. The zero-order chi connectivity index (χ0) is 11.5. The maximum atomic E-state index is 10.9. The lowest BCUT2D eigenvalue weighted by atomic mass is 10.1. The van der Waals surface area contributed by atoms with Crippen molar-refractivity contribution in [1.29, 1.82) is 0 Å². The molecule has 0 aliphatic carbocycles. The van der Waals surface area contributed by atoms with E-state index in [0.717, 1.165) is 29.3 Å². The van der Waals surface area contributed by atoms with Crippen molar-refractivity contribution in [2.24, 2.45) is 0 Å². The van der Waals surface area contributed by atoms with Gasteiger partial charge < -0.3 is 14.8 Å². The van der Waals surface area contributed by atoms with Crippen LogP contribution in [0.1, 0.15) is 15.9 Å². The summed E-state index contributed by atoms with van der Waals surface area (Å²) in [5.41, 5.74) is 1.56. The lowest BCUT2D eigenvalue weighted by Gasteiger charge is -2.09. The van der Waals surface area contributed by atoms with E-state index in [9.17, 15) is 4.79 Å². The van der Waals surface area contributed by atoms with E-state index in [1.807, 2.05) is 7.05 Å². The molecule has 0 fully saturated rings. The highest BCUT2D eigenvalue weighted by Crippen LogP contribution is 2.42. The molecule has 16 heavy (non-hydrogen) atoms. The van der Waals surface area contributed by atoms with Crippen LogP contribution in [-0.2, 0) is 6.42 Å². The molecule has 0 bridgehead atoms. The van der Waals surface area contributed by atoms with E-state index in [1.54, 1.807) is 6.07 Å². The SMILES string of the molecule is CNCCc1c(Br)cc(C=O)c2c1OCO2. The van der Waals surface area contributed by atoms with Crippen LogP contribution in [-0.4, -0.2) is 26.7 Å². The molecule has 0 spiro atoms. The molecule has 0 saturated heterocycles. The van der Waals surface area contributed by atoms with Gasteiger partial charge in [-0.05, 0) is 26.1 Å². The Morgan fingerprint density at radius 2 is 2.25 bits per heavy atom. The topological polar surface area (TPSA) is 47.6 Å². The lowest BCUT2D eigenvalue weighted by Crippen LogP contribution is -2.11. The molecule has 0 saturated carbocycles. The van der Waals surface area contributed by atoms with Crippen molar-refractivity contribution < 1.29 is 14.3 Å². The number of halogens is 1. The van der Waals surface area contributed by atoms with Crippen LogP contribution < -0.4 is 14.8 Å². The molecule has 1 aliphatic heterocycles. The number of benzene rings is 1. The number of aldehydes is 1. The van der Waals surface area contributed by atoms with E-state index in [2.05, 4.69) is 21.2 Å². The van der Waals surface area contributed by atoms with E-state index >= 15 is 0 Å². The van der Waals surface area contributed by atoms with Gasteiger partial charge in [0, 0.05) is 10.0 Å². The van der Waals surface area contributed by atoms with Crippen molar-refractivity contribution in [1.82, 2.24) is 5.32 Å². The molecule has 4 nitrogen and oxygen atoms in total. The van der Waals surface area contributed by atoms with Crippen LogP contribution in [0.3, 0.4) is 0 Å². The Kier molecular flexibility index (Phi) is 3.46. The molecule has 5 heteroatoms. The first-order chi connectivity index (χ1) is 7.77. The summed E-state index contributed by atoms with van der Waals surface area (Å²) in [6, 6.07) is 1.77. The standard InChI is InChI=1S/C11H12BrNO3/c1-13-3-2-8-9(12)4-7(5-14)10-11(8)16-6-15-10/h4-5,13H,2-3,6H2,1H3. The minimum atomic E-state index is 0.180. The third-order valence-corrected chi connectivity index (χ3v) is 3.18. The molecule has 0 radical (unpaired) electrons. The van der Waals surface area contributed by atoms with Crippen molar-refractivity contribution in [2.75, 3.05) is 20.4 Å². The molecule has 2 rings (SSSR count). The Morgan fingerprint density at radius 3 is 2.94 bits per heavy atom. The van der Waals surface area contributed by atoms with Gasteiger partial charge in [-0.2, -0.15) is 0 Å². The summed E-state index contributed by atoms with van der Waals surface area (Å²) in [5, 5.41) is 3.08. The summed E-state index contributed by atoms with van der Waals surface area (Å²) in [4.78, 5) is 10.9. The molecule has 1 aliphatic rings. The zero-order valence-electron chi connectivity index (χ0n) is 8.88. The maximum absolute atomic E-state index is 10.9. The van der Waals surface area contributed by atoms with Gasteiger partial charge in [0.25, 0.3) is 0 Å². The van der Waals surface area contributed by atoms with Gasteiger partial charge in [-0.25, -0.2) is 0 Å². The second-order valence-corrected chi connectivity index (χ2v) is 4.32. The summed E-state index contributed by atoms with van der Waals surface area (Å²) < 4.78 is 11.6. The lowest BCUT2D eigenvalue weighted by molar-refractivity contribution is 0.111. The average Bonchev–Trinajstić information content (AvgIpc) is 2.76. The van der Waals surface area contributed by atoms with Crippen LogP contribution in [0.2, 0.25) is 0 Å². The summed E-state index contributed by atoms with van der Waals surface area (Å²) in [7, 11) is 1.89. The summed E-state index contributed by atoms with van der Waals surface area (Å²) in [6.45, 7) is 1.02. The van der Waals surface area contributed by atoms with E-state index in [-0.39, 0.29) is 6.79 Å². The van der Waals surface area contributed by atoms with Gasteiger partial charge >= 0.3 is 0 Å². The number of carbonyl (C=O) groups is 1. The number of fused-ring (bicyclic) bond motifs is 1. The van der Waals surface area contributed by atoms with Gasteiger partial charge in [0.15, 0.2) is 17.8 Å². The maximum Gasteiger partial charge on any atom is 0.231 e. The second kappa shape index (κ2) is 4.84. The van der Waals surface area contributed by atoms with Crippen LogP contribution in [0, 0.1) is 0 Å². The predicted molar refractivity (Wildman–Crippen MR) is 63.3 cm³/mol. The number of carbonyl (C=O) groups excluding carboxylic acids is 1. The fraction of sp³-hybridized carbons (Fsp3) is 0.364. The molecule has 1 heterocycles. The van der Waals surface area contributed by atoms with Gasteiger partial charge in [-0.15, -0.1) is 0 Å². The predicted octanol–water partition coefficient (Wildman–Crippen LogP) is 1.75. The minimum absolute atomic E-state index is 0.180. The minimum Gasteiger partial charge on any atom is -0.453 e. The number of hydrogen-bond donors (Lipinski definition) is 1. The fourth-order valence-electron chi connectivity index (χ4n) is 1.69. The van der Waals surface area contributed by atoms with Crippen molar-refractivity contribution >= 4 is 22.2 Å². The number of hydrogen-bond acceptors (Lipinski definition) is 4. The third kappa shape index (κ3) is 1.92. The smallest absolute Gasteiger partial charge is 0.231 e. The summed E-state index contributed by atoms with van der Waals surface area (Å²) in [5.74, 6) is 1.25. The van der Waals surface area contributed by atoms with Gasteiger partial charge in [0.05, 0.1) is 5.56 Å². The quantitative estimate of drug-likeness (QED) is 0.857. The molecular formula is C11H12BrNO3. The van der Waals surface area contributed by atoms with Crippen molar-refractivity contribution in [3.05, 3.63) is 21.7 Å². The molecule has 1 aromatic rings. The van der Waals surface area contributed by atoms with Crippen LogP contribution >= 0.6 is 15.9 Å². The highest BCUT2D eigenvalue weighted by Gasteiger charge is 2.23. The number of likely N-dealkylation sites (N-methyl/N-ethyl adjacent to an activating group) is 1. The first-order valence-electron chi connectivity index (χ1n) is 4.98. The number of rotatable bonds is 4. The Balaban J connectivity index is 2.45. The van der Waals surface area contributed by atoms with Crippen LogP contribution in [0.25, 0.3) is 0 Å². The zero-order valence-corrected chi connectivity index (χ0v) is 10.5. The summed E-state index contributed by atoms with van der Waals surface area (Å²) in [6.07, 6.45) is 1.60. The molecule has 86 valence electrons. The van der Waals surface area contributed by atoms with E-state index in [0.29, 0.717) is 17.1 Å². The van der Waals surface area contributed by atoms with Gasteiger partial charge in [-0.3, -0.25) is 4.79 Å². The largest absolute Gasteiger partial charge is 0.453 e. The first kappa shape index (κ1) is 11.4. The normalized spacial score (nSPS) is 12.9. The van der Waals surface area contributed by atoms with Crippen molar-refractivity contribution in [3.63, 3.8) is 0 Å². The van der Waals surface area contributed by atoms with Crippen LogP contribution in [0.4, 0.5) is 0 Å². The van der Waals surface area contributed by atoms with E-state index in [4.69, 9.17) is 9.47 Å². The van der Waals surface area contributed by atoms with Crippen LogP contribution in [0.5, 0.6) is 11.5 Å². The number of nitrogens with one attached hydrogen (secondary N) is 1. The Morgan fingerprint density at radius 1 is 1.50 bits per heavy atom. The highest BCUT2D eigenvalue weighted by molar-refractivity contribution is 9.10. The van der Waals surface area contributed by atoms with Crippen LogP contribution in [0.15, 0.2) is 10.5 Å². The van der Waals surface area contributed by atoms with E-state index < -0.39 is 0 Å². The molecule has 1 aromatic carbocycles. The number of ether oxygens (including phenoxy) is 2. The molecule has 0 unspecified atom stereocenters. The van der Waals surface area contributed by atoms with Crippen molar-refractivity contribution in [3.8, 4) is 11.5 Å². The molecule has 0 aromatic heterocycles. The van der Waals surface area contributed by atoms with Gasteiger partial charge in [-0.1, -0.05) is 15.9 Å². The Bertz CT molecular complexity index is 420. The van der Waals surface area contributed by atoms with Gasteiger partial charge in [0.1, 0.15) is 0 Å². The average molecular weight is 286 g/mol. The fourth-order valence-corrected chi connectivity index (χ4v) is 2.31. The second-order valence-electron chi connectivity index (χ2n) is 3.46. The van der Waals surface area contributed by atoms with Gasteiger partial charge in [0.2, 0.25) is 6.79 Å². The van der Waals surface area contributed by atoms with Crippen molar-refractivity contribution in [2.45, 2.75) is 6.42 Å². The Hall–Kier alpha value is -1.07. The summed E-state index contributed by atoms with van der Waals surface area (Å²) >= 11 is 3.45. The highest BCUT2D eigenvalue weighted by atomic mass is 79.9. The molecule has 1 N–H and O–H groups in total. The molecular weight excluding hydrogens is 274 g/mol. The first-order valence-corrected chi connectivity index (χ1v) is 5.78. The Labute approximate surface area is 102 Å². The monoisotopic (exact) mass is 285 g/mol. The van der Waals surface area contributed by atoms with E-state index in [1.165, 1.54) is 0 Å². The third-order valence-electron chi connectivity index (χ3n) is 2.47. The molecule has 0 amide bonds.